The van der Waals surface area contributed by atoms with Gasteiger partial charge in [-0.1, -0.05) is 32.1 Å². The van der Waals surface area contributed by atoms with Crippen LogP contribution in [-0.4, -0.2) is 58.2 Å². The molecule has 1 saturated carbocycles. The van der Waals surface area contributed by atoms with E-state index in [0.717, 1.165) is 31.0 Å². The van der Waals surface area contributed by atoms with Crippen molar-refractivity contribution in [3.8, 4) is 0 Å². The molecule has 1 aliphatic carbocycles. The average molecular weight is 387 g/mol. The van der Waals surface area contributed by atoms with Crippen LogP contribution in [0.15, 0.2) is 12.4 Å². The number of amides is 1. The van der Waals surface area contributed by atoms with Crippen LogP contribution in [-0.2, 0) is 18.3 Å². The second kappa shape index (κ2) is 8.98. The first kappa shape index (κ1) is 19.9. The third kappa shape index (κ3) is 4.97. The number of nitrogens with zero attached hydrogens (tertiary/aromatic N) is 4. The summed E-state index contributed by atoms with van der Waals surface area (Å²) in [6.45, 7) is 5.71. The fourth-order valence-corrected chi connectivity index (χ4v) is 5.83. The lowest BCUT2D eigenvalue weighted by Gasteiger charge is -2.41. The molecule has 0 aromatic carbocycles. The van der Waals surface area contributed by atoms with Crippen molar-refractivity contribution in [2.24, 2.45) is 18.4 Å². The number of hydrogen-bond acceptors (Lipinski definition) is 3. The van der Waals surface area contributed by atoms with Gasteiger partial charge in [-0.25, -0.2) is 0 Å². The van der Waals surface area contributed by atoms with Gasteiger partial charge in [-0.2, -0.15) is 5.10 Å². The predicted octanol–water partition coefficient (Wildman–Crippen LogP) is 3.64. The van der Waals surface area contributed by atoms with Gasteiger partial charge in [-0.15, -0.1) is 0 Å². The maximum absolute atomic E-state index is 12.8. The summed E-state index contributed by atoms with van der Waals surface area (Å²) in [5, 5.41) is 4.21. The minimum Gasteiger partial charge on any atom is -0.342 e. The van der Waals surface area contributed by atoms with Crippen LogP contribution in [0.25, 0.3) is 0 Å². The fourth-order valence-electron chi connectivity index (χ4n) is 5.83. The van der Waals surface area contributed by atoms with Crippen molar-refractivity contribution in [3.05, 3.63) is 18.0 Å². The van der Waals surface area contributed by atoms with E-state index < -0.39 is 0 Å². The van der Waals surface area contributed by atoms with E-state index in [1.807, 2.05) is 24.1 Å². The average Bonchev–Trinajstić information content (AvgIpc) is 3.32. The zero-order valence-electron chi connectivity index (χ0n) is 17.7. The quantitative estimate of drug-likeness (QED) is 0.749. The maximum Gasteiger partial charge on any atom is 0.222 e. The second-order valence-corrected chi connectivity index (χ2v) is 9.76. The van der Waals surface area contributed by atoms with Gasteiger partial charge in [0.25, 0.3) is 0 Å². The molecule has 2 aliphatic heterocycles. The van der Waals surface area contributed by atoms with Crippen LogP contribution >= 0.6 is 0 Å². The molecule has 2 saturated heterocycles. The Bertz CT molecular complexity index is 651. The molecule has 1 unspecified atom stereocenters. The van der Waals surface area contributed by atoms with Gasteiger partial charge in [-0.3, -0.25) is 9.48 Å². The largest absolute Gasteiger partial charge is 0.342 e. The normalized spacial score (nSPS) is 27.0. The van der Waals surface area contributed by atoms with Crippen molar-refractivity contribution in [2.45, 2.75) is 70.6 Å². The Morgan fingerprint density at radius 2 is 2.00 bits per heavy atom. The molecular weight excluding hydrogens is 348 g/mol. The number of aromatic nitrogens is 2. The Morgan fingerprint density at radius 1 is 1.14 bits per heavy atom. The molecule has 1 spiro atoms. The standard InChI is InChI=1S/C23H38N4O/c1-25-17-21(16-24-25)8-9-22(28)27-15-12-23(19-27)11-5-13-26(18-23)14-10-20-6-3-2-4-7-20/h16-17,20H,2-15,18-19H2,1H3. The van der Waals surface area contributed by atoms with Crippen molar-refractivity contribution in [1.82, 2.24) is 19.6 Å². The summed E-state index contributed by atoms with van der Waals surface area (Å²) in [4.78, 5) is 17.6. The molecule has 5 heteroatoms. The Balaban J connectivity index is 1.23. The molecule has 4 rings (SSSR count). The molecule has 156 valence electrons. The molecule has 1 amide bonds. The van der Waals surface area contributed by atoms with Gasteiger partial charge < -0.3 is 9.80 Å². The highest BCUT2D eigenvalue weighted by atomic mass is 16.2. The summed E-state index contributed by atoms with van der Waals surface area (Å²) in [5.41, 5.74) is 1.53. The molecule has 1 aromatic heterocycles. The summed E-state index contributed by atoms with van der Waals surface area (Å²) >= 11 is 0. The van der Waals surface area contributed by atoms with E-state index in [2.05, 4.69) is 14.9 Å². The molecular formula is C23H38N4O. The Morgan fingerprint density at radius 3 is 2.79 bits per heavy atom. The van der Waals surface area contributed by atoms with Crippen molar-refractivity contribution in [2.75, 3.05) is 32.7 Å². The van der Waals surface area contributed by atoms with Gasteiger partial charge in [0, 0.05) is 44.7 Å². The van der Waals surface area contributed by atoms with Crippen LogP contribution in [0.2, 0.25) is 0 Å². The van der Waals surface area contributed by atoms with Crippen molar-refractivity contribution >= 4 is 5.91 Å². The summed E-state index contributed by atoms with van der Waals surface area (Å²) in [5.74, 6) is 1.31. The summed E-state index contributed by atoms with van der Waals surface area (Å²) in [7, 11) is 1.93. The van der Waals surface area contributed by atoms with Crippen LogP contribution in [0, 0.1) is 11.3 Å². The third-order valence-corrected chi connectivity index (χ3v) is 7.50. The number of aryl methyl sites for hydroxylation is 2. The molecule has 28 heavy (non-hydrogen) atoms. The van der Waals surface area contributed by atoms with E-state index in [-0.39, 0.29) is 0 Å². The van der Waals surface area contributed by atoms with E-state index in [9.17, 15) is 4.79 Å². The number of rotatable bonds is 6. The molecule has 0 bridgehead atoms. The predicted molar refractivity (Wildman–Crippen MR) is 112 cm³/mol. The Kier molecular flexibility index (Phi) is 6.39. The summed E-state index contributed by atoms with van der Waals surface area (Å²) < 4.78 is 1.81. The van der Waals surface area contributed by atoms with Crippen molar-refractivity contribution in [3.63, 3.8) is 0 Å². The fraction of sp³-hybridized carbons (Fsp3) is 0.826. The monoisotopic (exact) mass is 386 g/mol. The maximum atomic E-state index is 12.8. The first-order valence-electron chi connectivity index (χ1n) is 11.6. The molecule has 0 radical (unpaired) electrons. The lowest BCUT2D eigenvalue weighted by Crippen LogP contribution is -2.45. The number of carbonyl (C=O) groups is 1. The topological polar surface area (TPSA) is 41.4 Å². The summed E-state index contributed by atoms with van der Waals surface area (Å²) in [6, 6.07) is 0. The van der Waals surface area contributed by atoms with Crippen LogP contribution < -0.4 is 0 Å². The Hall–Kier alpha value is -1.36. The third-order valence-electron chi connectivity index (χ3n) is 7.50. The minimum atomic E-state index is 0.333. The van der Waals surface area contributed by atoms with E-state index in [1.165, 1.54) is 77.4 Å². The zero-order chi connectivity index (χ0) is 19.4. The molecule has 3 fully saturated rings. The Labute approximate surface area is 170 Å². The lowest BCUT2D eigenvalue weighted by atomic mass is 9.79. The smallest absolute Gasteiger partial charge is 0.222 e. The second-order valence-electron chi connectivity index (χ2n) is 9.76. The number of carbonyl (C=O) groups excluding carboxylic acids is 1. The van der Waals surface area contributed by atoms with Gasteiger partial charge in [0.2, 0.25) is 5.91 Å². The van der Waals surface area contributed by atoms with Crippen LogP contribution in [0.3, 0.4) is 0 Å². The molecule has 1 aromatic rings. The van der Waals surface area contributed by atoms with E-state index in [4.69, 9.17) is 0 Å². The number of hydrogen-bond donors (Lipinski definition) is 0. The molecule has 3 heterocycles. The summed E-state index contributed by atoms with van der Waals surface area (Å²) in [6.07, 6.45) is 17.8. The van der Waals surface area contributed by atoms with Crippen molar-refractivity contribution in [1.29, 1.82) is 0 Å². The highest BCUT2D eigenvalue weighted by Crippen LogP contribution is 2.39. The van der Waals surface area contributed by atoms with Gasteiger partial charge in [0.1, 0.15) is 0 Å². The van der Waals surface area contributed by atoms with Crippen LogP contribution in [0.1, 0.15) is 69.8 Å². The van der Waals surface area contributed by atoms with Gasteiger partial charge in [0.05, 0.1) is 6.20 Å². The first-order valence-corrected chi connectivity index (χ1v) is 11.6. The van der Waals surface area contributed by atoms with Gasteiger partial charge >= 0.3 is 0 Å². The van der Waals surface area contributed by atoms with E-state index in [1.54, 1.807) is 0 Å². The van der Waals surface area contributed by atoms with Crippen LogP contribution in [0.5, 0.6) is 0 Å². The SMILES string of the molecule is Cn1cc(CCC(=O)N2CCC3(CCCN(CCC4CCCCC4)C3)C2)cn1. The van der Waals surface area contributed by atoms with Gasteiger partial charge in [0.15, 0.2) is 0 Å². The van der Waals surface area contributed by atoms with E-state index >= 15 is 0 Å². The number of likely N-dealkylation sites (tertiary alicyclic amines) is 2. The van der Waals surface area contributed by atoms with E-state index in [0.29, 0.717) is 17.7 Å². The first-order chi connectivity index (χ1) is 13.6. The molecule has 1 atom stereocenters. The molecule has 0 N–H and O–H groups in total. The van der Waals surface area contributed by atoms with Crippen LogP contribution in [0.4, 0.5) is 0 Å². The highest BCUT2D eigenvalue weighted by molar-refractivity contribution is 5.76. The molecule has 5 nitrogen and oxygen atoms in total. The zero-order valence-corrected chi connectivity index (χ0v) is 17.7. The van der Waals surface area contributed by atoms with Crippen molar-refractivity contribution < 1.29 is 4.79 Å². The highest BCUT2D eigenvalue weighted by Gasteiger charge is 2.42. The minimum absolute atomic E-state index is 0.333. The van der Waals surface area contributed by atoms with Gasteiger partial charge in [-0.05, 0) is 56.7 Å². The molecule has 3 aliphatic rings. The number of piperidine rings is 1. The lowest BCUT2D eigenvalue weighted by molar-refractivity contribution is -0.130.